The minimum atomic E-state index is -0.843. The number of carbonyl (C=O) groups is 1. The highest BCUT2D eigenvalue weighted by atomic mass is 16.5. The van der Waals surface area contributed by atoms with Crippen molar-refractivity contribution in [3.8, 4) is 0 Å². The molecule has 1 aromatic carbocycles. The van der Waals surface area contributed by atoms with Gasteiger partial charge in [-0.15, -0.1) is 0 Å². The highest BCUT2D eigenvalue weighted by Crippen LogP contribution is 2.11. The first-order chi connectivity index (χ1) is 9.11. The molecule has 0 aliphatic carbocycles. The van der Waals surface area contributed by atoms with Crippen LogP contribution in [0.4, 0.5) is 0 Å². The number of esters is 1. The number of aliphatic hydroxyl groups is 2. The maximum atomic E-state index is 11.2. The molecule has 1 rings (SSSR count). The third kappa shape index (κ3) is 6.94. The molecule has 4 heteroatoms. The predicted octanol–water partition coefficient (Wildman–Crippen LogP) is 1.68. The average Bonchev–Trinajstić information content (AvgIpc) is 2.37. The summed E-state index contributed by atoms with van der Waals surface area (Å²) in [6, 6.07) is 9.86. The van der Waals surface area contributed by atoms with Crippen LogP contribution < -0.4 is 0 Å². The van der Waals surface area contributed by atoms with Crippen LogP contribution in [0.1, 0.15) is 31.7 Å². The van der Waals surface area contributed by atoms with Crippen LogP contribution in [0.2, 0.25) is 0 Å². The number of aliphatic hydroxyl groups excluding tert-OH is 2. The molecule has 0 aliphatic rings. The van der Waals surface area contributed by atoms with Gasteiger partial charge in [-0.3, -0.25) is 4.79 Å². The van der Waals surface area contributed by atoms with Gasteiger partial charge in [0.15, 0.2) is 0 Å². The summed E-state index contributed by atoms with van der Waals surface area (Å²) in [7, 11) is 0. The van der Waals surface area contributed by atoms with Crippen molar-refractivity contribution in [2.75, 3.05) is 6.61 Å². The Balaban J connectivity index is 2.23. The molecule has 0 saturated carbocycles. The molecule has 2 N–H and O–H groups in total. The molecule has 0 radical (unpaired) electrons. The highest BCUT2D eigenvalue weighted by molar-refractivity contribution is 5.69. The molecule has 0 spiro atoms. The zero-order valence-corrected chi connectivity index (χ0v) is 11.3. The smallest absolute Gasteiger partial charge is 0.308 e. The SMILES string of the molecule is CCOC(=O)C[C@H](O)C[C@H](O)CCc1ccccc1. The first-order valence-electron chi connectivity index (χ1n) is 6.67. The maximum absolute atomic E-state index is 11.2. The van der Waals surface area contributed by atoms with Gasteiger partial charge < -0.3 is 14.9 Å². The van der Waals surface area contributed by atoms with E-state index in [-0.39, 0.29) is 12.8 Å². The van der Waals surface area contributed by atoms with Crippen molar-refractivity contribution < 1.29 is 19.7 Å². The lowest BCUT2D eigenvalue weighted by molar-refractivity contribution is -0.145. The first-order valence-corrected chi connectivity index (χ1v) is 6.67. The number of rotatable bonds is 8. The Morgan fingerprint density at radius 3 is 2.53 bits per heavy atom. The third-order valence-electron chi connectivity index (χ3n) is 2.86. The van der Waals surface area contributed by atoms with Crippen LogP contribution in [0.3, 0.4) is 0 Å². The summed E-state index contributed by atoms with van der Waals surface area (Å²) >= 11 is 0. The van der Waals surface area contributed by atoms with Crippen molar-refractivity contribution in [2.24, 2.45) is 0 Å². The molecule has 2 atom stereocenters. The van der Waals surface area contributed by atoms with E-state index < -0.39 is 18.2 Å². The molecule has 0 aromatic heterocycles. The van der Waals surface area contributed by atoms with Crippen molar-refractivity contribution in [3.05, 3.63) is 35.9 Å². The van der Waals surface area contributed by atoms with Crippen molar-refractivity contribution in [3.63, 3.8) is 0 Å². The van der Waals surface area contributed by atoms with E-state index in [0.29, 0.717) is 13.0 Å². The topological polar surface area (TPSA) is 66.8 Å². The van der Waals surface area contributed by atoms with E-state index in [0.717, 1.165) is 12.0 Å². The molecule has 1 aromatic rings. The summed E-state index contributed by atoms with van der Waals surface area (Å²) in [6.07, 6.45) is 0.0226. The van der Waals surface area contributed by atoms with E-state index >= 15 is 0 Å². The van der Waals surface area contributed by atoms with E-state index in [1.807, 2.05) is 30.3 Å². The molecule has 0 unspecified atom stereocenters. The lowest BCUT2D eigenvalue weighted by atomic mass is 10.0. The Hall–Kier alpha value is -1.39. The van der Waals surface area contributed by atoms with E-state index in [4.69, 9.17) is 4.74 Å². The molecule has 0 heterocycles. The summed E-state index contributed by atoms with van der Waals surface area (Å²) in [4.78, 5) is 11.2. The second-order valence-electron chi connectivity index (χ2n) is 4.58. The van der Waals surface area contributed by atoms with Crippen LogP contribution in [0.5, 0.6) is 0 Å². The van der Waals surface area contributed by atoms with Gasteiger partial charge in [0, 0.05) is 0 Å². The number of benzene rings is 1. The van der Waals surface area contributed by atoms with Crippen molar-refractivity contribution >= 4 is 5.97 Å². The zero-order valence-electron chi connectivity index (χ0n) is 11.3. The van der Waals surface area contributed by atoms with Gasteiger partial charge in [-0.2, -0.15) is 0 Å². The van der Waals surface area contributed by atoms with Crippen LogP contribution in [-0.4, -0.2) is 35.0 Å². The van der Waals surface area contributed by atoms with Crippen molar-refractivity contribution in [2.45, 2.75) is 44.8 Å². The highest BCUT2D eigenvalue weighted by Gasteiger charge is 2.16. The van der Waals surface area contributed by atoms with Crippen molar-refractivity contribution in [1.82, 2.24) is 0 Å². The molecular weight excluding hydrogens is 244 g/mol. The van der Waals surface area contributed by atoms with Crippen molar-refractivity contribution in [1.29, 1.82) is 0 Å². The number of ether oxygens (including phenoxy) is 1. The summed E-state index contributed by atoms with van der Waals surface area (Å²) in [5.74, 6) is -0.426. The number of hydrogen-bond acceptors (Lipinski definition) is 4. The van der Waals surface area contributed by atoms with Crippen LogP contribution in [0.25, 0.3) is 0 Å². The molecule has 106 valence electrons. The summed E-state index contributed by atoms with van der Waals surface area (Å²) < 4.78 is 4.74. The van der Waals surface area contributed by atoms with Crippen LogP contribution in [0.15, 0.2) is 30.3 Å². The van der Waals surface area contributed by atoms with Gasteiger partial charge in [-0.1, -0.05) is 30.3 Å². The normalized spacial score (nSPS) is 13.8. The first kappa shape index (κ1) is 15.7. The van der Waals surface area contributed by atoms with Gasteiger partial charge in [-0.05, 0) is 31.7 Å². The van der Waals surface area contributed by atoms with Gasteiger partial charge in [0.25, 0.3) is 0 Å². The predicted molar refractivity (Wildman–Crippen MR) is 72.6 cm³/mol. The largest absolute Gasteiger partial charge is 0.466 e. The molecule has 19 heavy (non-hydrogen) atoms. The molecule has 0 fully saturated rings. The van der Waals surface area contributed by atoms with Crippen LogP contribution in [0, 0.1) is 0 Å². The molecule has 4 nitrogen and oxygen atoms in total. The minimum Gasteiger partial charge on any atom is -0.466 e. The molecule has 0 bridgehead atoms. The monoisotopic (exact) mass is 266 g/mol. The second kappa shape index (κ2) is 8.67. The van der Waals surface area contributed by atoms with E-state index in [1.165, 1.54) is 0 Å². The fourth-order valence-electron chi connectivity index (χ4n) is 1.91. The van der Waals surface area contributed by atoms with Crippen LogP contribution in [-0.2, 0) is 16.0 Å². The average molecular weight is 266 g/mol. The maximum Gasteiger partial charge on any atom is 0.308 e. The van der Waals surface area contributed by atoms with Gasteiger partial charge in [0.05, 0.1) is 25.2 Å². The quantitative estimate of drug-likeness (QED) is 0.703. The second-order valence-corrected chi connectivity index (χ2v) is 4.58. The Labute approximate surface area is 114 Å². The Kier molecular flexibility index (Phi) is 7.15. The summed E-state index contributed by atoms with van der Waals surface area (Å²) in [5.41, 5.74) is 1.15. The minimum absolute atomic E-state index is 0.0593. The van der Waals surface area contributed by atoms with Gasteiger partial charge in [-0.25, -0.2) is 0 Å². The fourth-order valence-corrected chi connectivity index (χ4v) is 1.91. The third-order valence-corrected chi connectivity index (χ3v) is 2.86. The number of aryl methyl sites for hydroxylation is 1. The Bertz CT molecular complexity index is 364. The lowest BCUT2D eigenvalue weighted by Crippen LogP contribution is -2.22. The fraction of sp³-hybridized carbons (Fsp3) is 0.533. The summed E-state index contributed by atoms with van der Waals surface area (Å²) in [5, 5.41) is 19.5. The molecular formula is C15H22O4. The zero-order chi connectivity index (χ0) is 14.1. The Morgan fingerprint density at radius 1 is 1.21 bits per heavy atom. The molecule has 0 amide bonds. The lowest BCUT2D eigenvalue weighted by Gasteiger charge is -2.15. The summed E-state index contributed by atoms with van der Waals surface area (Å²) in [6.45, 7) is 2.03. The molecule has 0 aliphatic heterocycles. The van der Waals surface area contributed by atoms with Gasteiger partial charge in [0.2, 0.25) is 0 Å². The molecule has 0 saturated heterocycles. The number of hydrogen-bond donors (Lipinski definition) is 2. The van der Waals surface area contributed by atoms with Crippen LogP contribution >= 0.6 is 0 Å². The van der Waals surface area contributed by atoms with E-state index in [9.17, 15) is 15.0 Å². The van der Waals surface area contributed by atoms with Gasteiger partial charge >= 0.3 is 5.97 Å². The number of carbonyl (C=O) groups excluding carboxylic acids is 1. The standard InChI is InChI=1S/C15H22O4/c1-2-19-15(18)11-14(17)10-13(16)9-8-12-6-4-3-5-7-12/h3-7,13-14,16-17H,2,8-11H2,1H3/t13-,14-/m1/s1. The van der Waals surface area contributed by atoms with Gasteiger partial charge in [0.1, 0.15) is 0 Å². The Morgan fingerprint density at radius 2 is 1.89 bits per heavy atom. The van der Waals surface area contributed by atoms with E-state index in [1.54, 1.807) is 6.92 Å². The van der Waals surface area contributed by atoms with E-state index in [2.05, 4.69) is 0 Å².